The minimum absolute atomic E-state index is 0. The molecule has 2 nitrogen and oxygen atoms in total. The van der Waals surface area contributed by atoms with E-state index in [0.29, 0.717) is 0 Å². The van der Waals surface area contributed by atoms with Gasteiger partial charge in [0.2, 0.25) is 0 Å². The van der Waals surface area contributed by atoms with Gasteiger partial charge in [0.1, 0.15) is 0 Å². The van der Waals surface area contributed by atoms with Crippen LogP contribution < -0.4 is 0 Å². The summed E-state index contributed by atoms with van der Waals surface area (Å²) in [5, 5.41) is 0. The zero-order chi connectivity index (χ0) is 2.71. The third-order valence-corrected chi connectivity index (χ3v) is 0. The van der Waals surface area contributed by atoms with Crippen LogP contribution in [0.2, 0.25) is 0 Å². The van der Waals surface area contributed by atoms with Crippen molar-refractivity contribution in [3.05, 3.63) is 0 Å². The standard InChI is InChI=1S/K.O2Se.H/c;1-3-2;. The van der Waals surface area contributed by atoms with E-state index in [-0.39, 0.29) is 51.4 Å². The Morgan fingerprint density at radius 3 is 1.25 bits per heavy atom. The van der Waals surface area contributed by atoms with E-state index in [1.807, 2.05) is 0 Å². The van der Waals surface area contributed by atoms with Crippen LogP contribution in [0.25, 0.3) is 0 Å². The van der Waals surface area contributed by atoms with Crippen molar-refractivity contribution in [2.45, 2.75) is 0 Å². The summed E-state index contributed by atoms with van der Waals surface area (Å²) >= 11 is -1.62. The molecular formula is HKO2Se. The van der Waals surface area contributed by atoms with Crippen molar-refractivity contribution in [3.8, 4) is 0 Å². The second-order valence-corrected chi connectivity index (χ2v) is 0.354. The van der Waals surface area contributed by atoms with E-state index >= 15 is 0 Å². The van der Waals surface area contributed by atoms with E-state index in [2.05, 4.69) is 0 Å². The first-order valence-electron chi connectivity index (χ1n) is 0.333. The van der Waals surface area contributed by atoms with E-state index in [1.165, 1.54) is 0 Å². The Bertz CT molecular complexity index is 27.0. The molecule has 0 fully saturated rings. The van der Waals surface area contributed by atoms with Gasteiger partial charge in [-0.2, -0.15) is 0 Å². The van der Waals surface area contributed by atoms with Crippen molar-refractivity contribution in [2.75, 3.05) is 0 Å². The van der Waals surface area contributed by atoms with Crippen LogP contribution in [0.4, 0.5) is 0 Å². The van der Waals surface area contributed by atoms with Gasteiger partial charge in [0.05, 0.1) is 0 Å². The summed E-state index contributed by atoms with van der Waals surface area (Å²) < 4.78 is 16.9. The van der Waals surface area contributed by atoms with Crippen molar-refractivity contribution >= 4 is 66.2 Å². The van der Waals surface area contributed by atoms with Crippen molar-refractivity contribution in [1.29, 1.82) is 0 Å². The average molecular weight is 151 g/mol. The normalized spacial score (nSPS) is 3.00. The molecule has 0 heterocycles. The van der Waals surface area contributed by atoms with Gasteiger partial charge in [-0.3, -0.25) is 0 Å². The van der Waals surface area contributed by atoms with Gasteiger partial charge in [0.15, 0.2) is 0 Å². The summed E-state index contributed by atoms with van der Waals surface area (Å²) in [5.74, 6) is 0. The summed E-state index contributed by atoms with van der Waals surface area (Å²) in [6.45, 7) is 0. The fraction of sp³-hybridized carbons (Fsp3) is 0. The number of rotatable bonds is 0. The SMILES string of the molecule is O=[Se]=O.[KH]. The van der Waals surface area contributed by atoms with Gasteiger partial charge in [-0.1, -0.05) is 0 Å². The van der Waals surface area contributed by atoms with Gasteiger partial charge >= 0.3 is 73.9 Å². The van der Waals surface area contributed by atoms with Crippen molar-refractivity contribution < 1.29 is 7.67 Å². The van der Waals surface area contributed by atoms with Crippen LogP contribution in [0.5, 0.6) is 0 Å². The van der Waals surface area contributed by atoms with Crippen molar-refractivity contribution in [3.63, 3.8) is 0 Å². The first-order valence-corrected chi connectivity index (χ1v) is 1.73. The monoisotopic (exact) mass is 152 g/mol. The maximum absolute atomic E-state index is 8.44. The molecule has 0 bridgehead atoms. The Morgan fingerprint density at radius 2 is 1.25 bits per heavy atom. The second kappa shape index (κ2) is 8.83. The van der Waals surface area contributed by atoms with Crippen LogP contribution in [0.1, 0.15) is 0 Å². The topological polar surface area (TPSA) is 34.1 Å². The second-order valence-electron chi connectivity index (χ2n) is 0.0680. The molecule has 0 saturated heterocycles. The summed E-state index contributed by atoms with van der Waals surface area (Å²) in [6.07, 6.45) is 0. The molecule has 20 valence electrons. The molecule has 0 aliphatic rings. The van der Waals surface area contributed by atoms with Crippen LogP contribution >= 0.6 is 0 Å². The quantitative estimate of drug-likeness (QED) is 0.404. The summed E-state index contributed by atoms with van der Waals surface area (Å²) in [4.78, 5) is 0. The van der Waals surface area contributed by atoms with Crippen LogP contribution in [-0.4, -0.2) is 66.2 Å². The number of hydrogen-bond donors (Lipinski definition) is 0. The number of hydrogen-bond acceptors (Lipinski definition) is 2. The molecule has 0 amide bonds. The fourth-order valence-electron chi connectivity index (χ4n) is 0. The van der Waals surface area contributed by atoms with E-state index in [4.69, 9.17) is 7.67 Å². The first-order chi connectivity index (χ1) is 1.41. The van der Waals surface area contributed by atoms with Gasteiger partial charge in [-0.15, -0.1) is 0 Å². The Hall–Kier alpha value is 1.76. The molecule has 4 heavy (non-hydrogen) atoms. The molecule has 0 aliphatic carbocycles. The Morgan fingerprint density at radius 1 is 1.25 bits per heavy atom. The molecule has 0 radical (unpaired) electrons. The summed E-state index contributed by atoms with van der Waals surface area (Å²) in [7, 11) is 0. The van der Waals surface area contributed by atoms with E-state index < -0.39 is 14.8 Å². The molecular weight excluding hydrogens is 150 g/mol. The Kier molecular flexibility index (Phi) is 20.4. The zero-order valence-corrected chi connectivity index (χ0v) is 2.94. The van der Waals surface area contributed by atoms with Crippen LogP contribution in [0.15, 0.2) is 0 Å². The van der Waals surface area contributed by atoms with Crippen molar-refractivity contribution in [1.82, 2.24) is 0 Å². The Labute approximate surface area is 72.3 Å². The van der Waals surface area contributed by atoms with E-state index in [1.54, 1.807) is 0 Å². The molecule has 0 aromatic rings. The van der Waals surface area contributed by atoms with Crippen molar-refractivity contribution in [2.24, 2.45) is 0 Å². The molecule has 0 atom stereocenters. The molecule has 0 rings (SSSR count). The summed E-state index contributed by atoms with van der Waals surface area (Å²) in [5.41, 5.74) is 0. The van der Waals surface area contributed by atoms with E-state index in [9.17, 15) is 0 Å². The third-order valence-electron chi connectivity index (χ3n) is 0. The van der Waals surface area contributed by atoms with Gasteiger partial charge < -0.3 is 0 Å². The molecule has 0 aliphatic heterocycles. The summed E-state index contributed by atoms with van der Waals surface area (Å²) in [6, 6.07) is 0. The molecule has 4 heteroatoms. The van der Waals surface area contributed by atoms with Gasteiger partial charge in [0, 0.05) is 0 Å². The molecule has 0 unspecified atom stereocenters. The van der Waals surface area contributed by atoms with Crippen LogP contribution in [0, 0.1) is 0 Å². The predicted octanol–water partition coefficient (Wildman–Crippen LogP) is -1.27. The molecule has 0 aromatic carbocycles. The maximum atomic E-state index is 8.44. The zero-order valence-electron chi connectivity index (χ0n) is 1.22. The van der Waals surface area contributed by atoms with E-state index in [0.717, 1.165) is 0 Å². The average Bonchev–Trinajstić information content (AvgIpc) is 0.918. The molecule has 0 N–H and O–H groups in total. The van der Waals surface area contributed by atoms with Crippen LogP contribution in [-0.2, 0) is 7.67 Å². The Balaban J connectivity index is 0. The minimum atomic E-state index is -1.62. The van der Waals surface area contributed by atoms with Gasteiger partial charge in [-0.25, -0.2) is 0 Å². The van der Waals surface area contributed by atoms with Gasteiger partial charge in [0.25, 0.3) is 0 Å². The fourth-order valence-corrected chi connectivity index (χ4v) is 0. The van der Waals surface area contributed by atoms with Crippen LogP contribution in [0.3, 0.4) is 0 Å². The van der Waals surface area contributed by atoms with Gasteiger partial charge in [-0.05, 0) is 0 Å². The molecule has 0 spiro atoms. The molecule has 0 aromatic heterocycles. The third kappa shape index (κ3) is 9.25. The predicted molar refractivity (Wildman–Crippen MR) is 14.3 cm³/mol. The molecule has 0 saturated carbocycles. The first kappa shape index (κ1) is 9.23.